The van der Waals surface area contributed by atoms with Crippen LogP contribution in [0.15, 0.2) is 53.4 Å². The van der Waals surface area contributed by atoms with Crippen molar-refractivity contribution >= 4 is 27.4 Å². The van der Waals surface area contributed by atoms with E-state index >= 15 is 0 Å². The molecular weight excluding hydrogens is 356 g/mol. The highest BCUT2D eigenvalue weighted by Gasteiger charge is 2.15. The number of anilines is 1. The molecule has 1 amide bonds. The van der Waals surface area contributed by atoms with Gasteiger partial charge in [-0.15, -0.1) is 0 Å². The maximum atomic E-state index is 12.2. The summed E-state index contributed by atoms with van der Waals surface area (Å²) in [5, 5.41) is 2.56. The number of hydrogen-bond donors (Lipinski definition) is 2. The molecule has 8 heteroatoms. The zero-order chi connectivity index (χ0) is 19.2. The average Bonchev–Trinajstić information content (AvgIpc) is 2.61. The number of Topliss-reactive ketones (excluding diaryl/α,β-unsaturated/α-hetero) is 1. The molecule has 0 unspecified atom stereocenters. The summed E-state index contributed by atoms with van der Waals surface area (Å²) in [6, 6.07) is 12.2. The standard InChI is InChI=1S/C18H20N2O5S/c1-3-25-16-8-10-17(11-9-16)26(23,24)19-12-18(22)20-15-6-4-14(5-7-15)13(2)21/h4-11,19H,3,12H2,1-2H3,(H,20,22). The molecule has 0 bridgehead atoms. The van der Waals surface area contributed by atoms with Gasteiger partial charge in [0.25, 0.3) is 0 Å². The lowest BCUT2D eigenvalue weighted by Crippen LogP contribution is -2.32. The third kappa shape index (κ3) is 5.40. The Hall–Kier alpha value is -2.71. The van der Waals surface area contributed by atoms with Gasteiger partial charge < -0.3 is 10.1 Å². The Morgan fingerprint density at radius 1 is 1.00 bits per heavy atom. The number of benzene rings is 2. The van der Waals surface area contributed by atoms with E-state index < -0.39 is 22.5 Å². The Morgan fingerprint density at radius 2 is 1.62 bits per heavy atom. The second-order valence-electron chi connectivity index (χ2n) is 5.41. The molecule has 0 radical (unpaired) electrons. The van der Waals surface area contributed by atoms with Crippen molar-refractivity contribution in [1.29, 1.82) is 0 Å². The maximum absolute atomic E-state index is 12.2. The molecule has 26 heavy (non-hydrogen) atoms. The van der Waals surface area contributed by atoms with E-state index in [1.807, 2.05) is 6.92 Å². The van der Waals surface area contributed by atoms with Gasteiger partial charge in [-0.25, -0.2) is 13.1 Å². The number of amides is 1. The second kappa shape index (κ2) is 8.59. The third-order valence-corrected chi connectivity index (χ3v) is 4.86. The zero-order valence-electron chi connectivity index (χ0n) is 14.5. The van der Waals surface area contributed by atoms with Crippen LogP contribution < -0.4 is 14.8 Å². The summed E-state index contributed by atoms with van der Waals surface area (Å²) >= 11 is 0. The minimum absolute atomic E-state index is 0.0413. The molecule has 2 rings (SSSR count). The summed E-state index contributed by atoms with van der Waals surface area (Å²) in [4.78, 5) is 23.2. The van der Waals surface area contributed by atoms with Gasteiger partial charge in [-0.1, -0.05) is 0 Å². The van der Waals surface area contributed by atoms with Crippen LogP contribution in [0.25, 0.3) is 0 Å². The number of sulfonamides is 1. The highest BCUT2D eigenvalue weighted by atomic mass is 32.2. The Balaban J connectivity index is 1.93. The van der Waals surface area contributed by atoms with Crippen molar-refractivity contribution in [3.05, 3.63) is 54.1 Å². The molecule has 0 heterocycles. The largest absolute Gasteiger partial charge is 0.494 e. The predicted octanol–water partition coefficient (Wildman–Crippen LogP) is 2.20. The van der Waals surface area contributed by atoms with E-state index in [9.17, 15) is 18.0 Å². The van der Waals surface area contributed by atoms with Gasteiger partial charge in [0.05, 0.1) is 18.0 Å². The van der Waals surface area contributed by atoms with Crippen LogP contribution >= 0.6 is 0 Å². The first-order valence-electron chi connectivity index (χ1n) is 7.95. The number of hydrogen-bond acceptors (Lipinski definition) is 5. The molecule has 2 N–H and O–H groups in total. The van der Waals surface area contributed by atoms with Gasteiger partial charge in [-0.05, 0) is 62.4 Å². The second-order valence-corrected chi connectivity index (χ2v) is 7.18. The molecule has 0 saturated heterocycles. The van der Waals surface area contributed by atoms with Gasteiger partial charge in [0.1, 0.15) is 5.75 Å². The van der Waals surface area contributed by atoms with Crippen molar-refractivity contribution < 1.29 is 22.7 Å². The monoisotopic (exact) mass is 376 g/mol. The molecule has 138 valence electrons. The van der Waals surface area contributed by atoms with E-state index in [1.54, 1.807) is 36.4 Å². The first kappa shape index (κ1) is 19.6. The smallest absolute Gasteiger partial charge is 0.241 e. The first-order chi connectivity index (χ1) is 12.3. The summed E-state index contributed by atoms with van der Waals surface area (Å²) in [6.45, 7) is 3.35. The lowest BCUT2D eigenvalue weighted by molar-refractivity contribution is -0.115. The highest BCUT2D eigenvalue weighted by molar-refractivity contribution is 7.89. The molecule has 0 atom stereocenters. The normalized spacial score (nSPS) is 11.0. The van der Waals surface area contributed by atoms with Crippen LogP contribution in [0.5, 0.6) is 5.75 Å². The maximum Gasteiger partial charge on any atom is 0.241 e. The van der Waals surface area contributed by atoms with Gasteiger partial charge in [-0.2, -0.15) is 0 Å². The van der Waals surface area contributed by atoms with E-state index in [0.717, 1.165) is 0 Å². The molecule has 0 aliphatic heterocycles. The quantitative estimate of drug-likeness (QED) is 0.688. The van der Waals surface area contributed by atoms with Crippen LogP contribution in [0, 0.1) is 0 Å². The molecular formula is C18H20N2O5S. The van der Waals surface area contributed by atoms with Gasteiger partial charge in [0.2, 0.25) is 15.9 Å². The van der Waals surface area contributed by atoms with Gasteiger partial charge >= 0.3 is 0 Å². The van der Waals surface area contributed by atoms with Crippen molar-refractivity contribution in [3.8, 4) is 5.75 Å². The van der Waals surface area contributed by atoms with E-state index in [1.165, 1.54) is 19.1 Å². The molecule has 0 saturated carbocycles. The number of nitrogens with one attached hydrogen (secondary N) is 2. The summed E-state index contributed by atoms with van der Waals surface area (Å²) in [5.74, 6) is -0.0284. The SMILES string of the molecule is CCOc1ccc(S(=O)(=O)NCC(=O)Nc2ccc(C(C)=O)cc2)cc1. The summed E-state index contributed by atoms with van der Waals surface area (Å²) < 4.78 is 31.9. The van der Waals surface area contributed by atoms with Crippen LogP contribution in [-0.4, -0.2) is 33.3 Å². The van der Waals surface area contributed by atoms with Crippen molar-refractivity contribution in [2.75, 3.05) is 18.5 Å². The Morgan fingerprint density at radius 3 is 2.15 bits per heavy atom. The summed E-state index contributed by atoms with van der Waals surface area (Å²) in [7, 11) is -3.81. The summed E-state index contributed by atoms with van der Waals surface area (Å²) in [6.07, 6.45) is 0. The van der Waals surface area contributed by atoms with E-state index in [2.05, 4.69) is 10.0 Å². The van der Waals surface area contributed by atoms with E-state index in [-0.39, 0.29) is 10.7 Å². The molecule has 0 aliphatic rings. The first-order valence-corrected chi connectivity index (χ1v) is 9.43. The van der Waals surface area contributed by atoms with E-state index in [4.69, 9.17) is 4.74 Å². The fourth-order valence-electron chi connectivity index (χ4n) is 2.12. The molecule has 0 aliphatic carbocycles. The fourth-order valence-corrected chi connectivity index (χ4v) is 3.10. The van der Waals surface area contributed by atoms with E-state index in [0.29, 0.717) is 23.6 Å². The Bertz CT molecular complexity index is 875. The van der Waals surface area contributed by atoms with Gasteiger partial charge in [-0.3, -0.25) is 9.59 Å². The van der Waals surface area contributed by atoms with Gasteiger partial charge in [0, 0.05) is 11.3 Å². The van der Waals surface area contributed by atoms with Crippen molar-refractivity contribution in [3.63, 3.8) is 0 Å². The number of carbonyl (C=O) groups is 2. The van der Waals surface area contributed by atoms with Crippen LogP contribution in [0.2, 0.25) is 0 Å². The van der Waals surface area contributed by atoms with Crippen molar-refractivity contribution in [1.82, 2.24) is 4.72 Å². The minimum Gasteiger partial charge on any atom is -0.494 e. The predicted molar refractivity (Wildman–Crippen MR) is 97.9 cm³/mol. The number of rotatable bonds is 8. The molecule has 2 aromatic carbocycles. The van der Waals surface area contributed by atoms with Crippen LogP contribution in [-0.2, 0) is 14.8 Å². The van der Waals surface area contributed by atoms with Crippen LogP contribution in [0.4, 0.5) is 5.69 Å². The number of ether oxygens (including phenoxy) is 1. The molecule has 0 aromatic heterocycles. The molecule has 0 fully saturated rings. The molecule has 7 nitrogen and oxygen atoms in total. The molecule has 2 aromatic rings. The number of ketones is 1. The zero-order valence-corrected chi connectivity index (χ0v) is 15.3. The fraction of sp³-hybridized carbons (Fsp3) is 0.222. The Labute approximate surface area is 152 Å². The Kier molecular flexibility index (Phi) is 6.48. The minimum atomic E-state index is -3.81. The van der Waals surface area contributed by atoms with Crippen LogP contribution in [0.3, 0.4) is 0 Å². The lowest BCUT2D eigenvalue weighted by atomic mass is 10.1. The summed E-state index contributed by atoms with van der Waals surface area (Å²) in [5.41, 5.74) is 1.000. The van der Waals surface area contributed by atoms with Gasteiger partial charge in [0.15, 0.2) is 5.78 Å². The number of carbonyl (C=O) groups excluding carboxylic acids is 2. The highest BCUT2D eigenvalue weighted by Crippen LogP contribution is 2.16. The average molecular weight is 376 g/mol. The van der Waals surface area contributed by atoms with Crippen LogP contribution in [0.1, 0.15) is 24.2 Å². The lowest BCUT2D eigenvalue weighted by Gasteiger charge is -2.09. The van der Waals surface area contributed by atoms with Crippen molar-refractivity contribution in [2.24, 2.45) is 0 Å². The van der Waals surface area contributed by atoms with Crippen molar-refractivity contribution in [2.45, 2.75) is 18.7 Å². The topological polar surface area (TPSA) is 102 Å². The molecule has 0 spiro atoms. The third-order valence-electron chi connectivity index (χ3n) is 3.44.